The number of Topliss-reactive ketones (excluding diaryl/α,β-unsaturated/α-hetero) is 2. The number of carbonyl (C=O) groups is 3. The van der Waals surface area contributed by atoms with Gasteiger partial charge in [-0.2, -0.15) is 0 Å². The van der Waals surface area contributed by atoms with Crippen LogP contribution < -0.4 is 11.5 Å². The number of aromatic hydroxyl groups is 1. The van der Waals surface area contributed by atoms with Gasteiger partial charge in [0.15, 0.2) is 11.6 Å². The predicted molar refractivity (Wildman–Crippen MR) is 107 cm³/mol. The van der Waals surface area contributed by atoms with Crippen LogP contribution in [-0.2, 0) is 33.8 Å². The van der Waals surface area contributed by atoms with E-state index in [4.69, 9.17) is 11.5 Å². The number of allylic oxidation sites excluding steroid dienone is 2. The van der Waals surface area contributed by atoms with E-state index in [1.807, 2.05) is 13.0 Å². The highest BCUT2D eigenvalue weighted by Crippen LogP contribution is 2.51. The monoisotopic (exact) mass is 412 g/mol. The van der Waals surface area contributed by atoms with Gasteiger partial charge >= 0.3 is 0 Å². The molecule has 3 aliphatic carbocycles. The molecule has 0 saturated heterocycles. The molecule has 4 rings (SSSR count). The van der Waals surface area contributed by atoms with E-state index < -0.39 is 40.6 Å². The maximum atomic E-state index is 13.3. The summed E-state index contributed by atoms with van der Waals surface area (Å²) in [5, 5.41) is 32.3. The number of hydrogen-bond donors (Lipinski definition) is 5. The molecule has 30 heavy (non-hydrogen) atoms. The van der Waals surface area contributed by atoms with Crippen molar-refractivity contribution >= 4 is 23.2 Å². The van der Waals surface area contributed by atoms with E-state index >= 15 is 0 Å². The number of carbonyl (C=O) groups excluding carboxylic acids is 3. The van der Waals surface area contributed by atoms with Crippen LogP contribution in [-0.4, -0.2) is 32.8 Å². The molecular weight excluding hydrogens is 388 g/mol. The number of nitrogens with two attached hydrogens (primary N) is 2. The van der Waals surface area contributed by atoms with E-state index in [2.05, 4.69) is 0 Å². The number of phenols is 1. The first-order chi connectivity index (χ1) is 14.2. The number of hydrogen-bond acceptors (Lipinski definition) is 7. The number of primary amides is 1. The zero-order chi connectivity index (χ0) is 21.9. The first kappa shape index (κ1) is 20.2. The van der Waals surface area contributed by atoms with Crippen molar-refractivity contribution in [3.63, 3.8) is 0 Å². The summed E-state index contributed by atoms with van der Waals surface area (Å²) >= 11 is 0. The average molecular weight is 412 g/mol. The Bertz CT molecular complexity index is 1070. The molecule has 158 valence electrons. The number of ketones is 2. The summed E-state index contributed by atoms with van der Waals surface area (Å²) in [6.07, 6.45) is 1.41. The van der Waals surface area contributed by atoms with Crippen LogP contribution in [0.15, 0.2) is 23.0 Å². The van der Waals surface area contributed by atoms with Gasteiger partial charge < -0.3 is 26.8 Å². The number of rotatable bonds is 3. The summed E-state index contributed by atoms with van der Waals surface area (Å²) < 4.78 is 0. The van der Waals surface area contributed by atoms with Gasteiger partial charge in [0.25, 0.3) is 5.91 Å². The van der Waals surface area contributed by atoms with Crippen LogP contribution in [0.5, 0.6) is 5.75 Å². The molecule has 1 aromatic rings. The lowest BCUT2D eigenvalue weighted by Gasteiger charge is -2.41. The lowest BCUT2D eigenvalue weighted by atomic mass is 9.61. The predicted octanol–water partition coefficient (Wildman–Crippen LogP) is 1.33. The lowest BCUT2D eigenvalue weighted by molar-refractivity contribution is -0.127. The Labute approximate surface area is 172 Å². The van der Waals surface area contributed by atoms with Gasteiger partial charge in [0, 0.05) is 24.1 Å². The lowest BCUT2D eigenvalue weighted by Crippen LogP contribution is -2.44. The second-order valence-electron chi connectivity index (χ2n) is 8.21. The molecule has 0 heterocycles. The topological polar surface area (TPSA) is 164 Å². The van der Waals surface area contributed by atoms with Crippen LogP contribution in [0, 0.1) is 17.8 Å². The Morgan fingerprint density at radius 2 is 1.87 bits per heavy atom. The summed E-state index contributed by atoms with van der Waals surface area (Å²) in [6.45, 7) is 2.03. The first-order valence-corrected chi connectivity index (χ1v) is 10.0. The molecule has 0 radical (unpaired) electrons. The fourth-order valence-corrected chi connectivity index (χ4v) is 5.32. The van der Waals surface area contributed by atoms with Gasteiger partial charge in [0.2, 0.25) is 0 Å². The SMILES string of the molecule is CCc1cc(CN)c(O)c2c1CC1CC3CC(=O)C(C(N)=O)=C(O)C3C(=O)C1=C2O. The molecule has 1 aromatic carbocycles. The molecule has 7 N–H and O–H groups in total. The number of benzene rings is 1. The van der Waals surface area contributed by atoms with Crippen LogP contribution in [0.1, 0.15) is 42.0 Å². The second-order valence-corrected chi connectivity index (χ2v) is 8.21. The number of aliphatic hydroxyl groups excluding tert-OH is 2. The number of phenolic OH excluding ortho intramolecular Hbond substituents is 1. The van der Waals surface area contributed by atoms with Crippen molar-refractivity contribution in [3.8, 4) is 5.75 Å². The molecule has 8 heteroatoms. The van der Waals surface area contributed by atoms with Gasteiger partial charge in [-0.05, 0) is 42.2 Å². The van der Waals surface area contributed by atoms with Gasteiger partial charge in [-0.1, -0.05) is 13.0 Å². The fraction of sp³-hybridized carbons (Fsp3) is 0.409. The molecule has 3 unspecified atom stereocenters. The summed E-state index contributed by atoms with van der Waals surface area (Å²) in [5.41, 5.74) is 12.9. The molecule has 1 amide bonds. The highest BCUT2D eigenvalue weighted by Gasteiger charge is 2.51. The van der Waals surface area contributed by atoms with E-state index in [9.17, 15) is 29.7 Å². The van der Waals surface area contributed by atoms with Crippen molar-refractivity contribution in [2.24, 2.45) is 29.2 Å². The normalized spacial score (nSPS) is 25.7. The van der Waals surface area contributed by atoms with Crippen molar-refractivity contribution < 1.29 is 29.7 Å². The molecule has 0 aliphatic heterocycles. The third-order valence-electron chi connectivity index (χ3n) is 6.66. The number of aryl methyl sites for hydroxylation is 1. The van der Waals surface area contributed by atoms with Crippen molar-refractivity contribution in [2.75, 3.05) is 0 Å². The standard InChI is InChI=1S/C22H24N2O6/c1-2-8-3-11(7-23)18(26)16-12(8)5-9-4-10-6-13(25)17(22(24)30)21(29)15(10)19(27)14(9)20(16)28/h3,9-10,15,26,28-29H,2,4-7,23H2,1H3,(H2,24,30). The zero-order valence-corrected chi connectivity index (χ0v) is 16.6. The van der Waals surface area contributed by atoms with Gasteiger partial charge in [0.1, 0.15) is 22.8 Å². The zero-order valence-electron chi connectivity index (χ0n) is 16.6. The first-order valence-electron chi connectivity index (χ1n) is 10.0. The minimum atomic E-state index is -1.11. The Hall–Kier alpha value is -3.13. The van der Waals surface area contributed by atoms with E-state index in [1.54, 1.807) is 0 Å². The Morgan fingerprint density at radius 3 is 2.47 bits per heavy atom. The molecule has 1 fully saturated rings. The summed E-state index contributed by atoms with van der Waals surface area (Å²) in [5.74, 6) is -5.21. The maximum absolute atomic E-state index is 13.3. The molecule has 3 aliphatic rings. The average Bonchev–Trinajstić information content (AvgIpc) is 2.67. The van der Waals surface area contributed by atoms with E-state index in [0.29, 0.717) is 24.8 Å². The fourth-order valence-electron chi connectivity index (χ4n) is 5.32. The van der Waals surface area contributed by atoms with Gasteiger partial charge in [-0.25, -0.2) is 0 Å². The van der Waals surface area contributed by atoms with Crippen molar-refractivity contribution in [1.29, 1.82) is 0 Å². The molecule has 8 nitrogen and oxygen atoms in total. The third-order valence-corrected chi connectivity index (χ3v) is 6.66. The summed E-state index contributed by atoms with van der Waals surface area (Å²) in [6, 6.07) is 1.82. The number of amides is 1. The van der Waals surface area contributed by atoms with Gasteiger partial charge in [-0.15, -0.1) is 0 Å². The molecule has 0 spiro atoms. The minimum Gasteiger partial charge on any atom is -0.511 e. The van der Waals surface area contributed by atoms with E-state index in [0.717, 1.165) is 11.1 Å². The van der Waals surface area contributed by atoms with Crippen molar-refractivity contribution in [1.82, 2.24) is 0 Å². The highest BCUT2D eigenvalue weighted by atomic mass is 16.3. The number of fused-ring (bicyclic) bond motifs is 3. The number of aliphatic hydroxyl groups is 2. The third kappa shape index (κ3) is 2.67. The van der Waals surface area contributed by atoms with Crippen LogP contribution in [0.2, 0.25) is 0 Å². The molecular formula is C22H24N2O6. The Balaban J connectivity index is 1.91. The van der Waals surface area contributed by atoms with Crippen LogP contribution in [0.3, 0.4) is 0 Å². The maximum Gasteiger partial charge on any atom is 0.255 e. The summed E-state index contributed by atoms with van der Waals surface area (Å²) in [4.78, 5) is 37.3. The van der Waals surface area contributed by atoms with Crippen molar-refractivity contribution in [2.45, 2.75) is 39.2 Å². The van der Waals surface area contributed by atoms with Gasteiger partial charge in [0.05, 0.1) is 11.5 Å². The Morgan fingerprint density at radius 1 is 1.17 bits per heavy atom. The minimum absolute atomic E-state index is 0.0614. The second kappa shape index (κ2) is 6.98. The van der Waals surface area contributed by atoms with Crippen LogP contribution in [0.25, 0.3) is 5.76 Å². The van der Waals surface area contributed by atoms with Crippen LogP contribution >= 0.6 is 0 Å². The highest BCUT2D eigenvalue weighted by molar-refractivity contribution is 6.21. The molecule has 0 aromatic heterocycles. The Kier molecular flexibility index (Phi) is 4.69. The smallest absolute Gasteiger partial charge is 0.255 e. The van der Waals surface area contributed by atoms with Crippen LogP contribution in [0.4, 0.5) is 0 Å². The van der Waals surface area contributed by atoms with Gasteiger partial charge in [-0.3, -0.25) is 14.4 Å². The molecule has 1 saturated carbocycles. The molecule has 0 bridgehead atoms. The summed E-state index contributed by atoms with van der Waals surface area (Å²) in [7, 11) is 0. The largest absolute Gasteiger partial charge is 0.511 e. The van der Waals surface area contributed by atoms with E-state index in [-0.39, 0.29) is 41.5 Å². The van der Waals surface area contributed by atoms with Crippen molar-refractivity contribution in [3.05, 3.63) is 45.2 Å². The van der Waals surface area contributed by atoms with E-state index in [1.165, 1.54) is 0 Å². The quantitative estimate of drug-likeness (QED) is 0.467. The molecule has 3 atom stereocenters.